The average molecular weight is 415 g/mol. The van der Waals surface area contributed by atoms with Gasteiger partial charge in [0.1, 0.15) is 5.25 Å². The lowest BCUT2D eigenvalue weighted by atomic mass is 10.2. The highest BCUT2D eigenvalue weighted by molar-refractivity contribution is 7.98. The van der Waals surface area contributed by atoms with E-state index in [1.165, 1.54) is 19.2 Å². The smallest absolute Gasteiger partial charge is 0.219 e. The molecule has 0 saturated carbocycles. The van der Waals surface area contributed by atoms with Crippen LogP contribution in [-0.4, -0.2) is 40.0 Å². The topological polar surface area (TPSA) is 82.1 Å². The number of halogens is 2. The van der Waals surface area contributed by atoms with Crippen molar-refractivity contribution in [2.45, 2.75) is 29.0 Å². The van der Waals surface area contributed by atoms with E-state index in [-0.39, 0.29) is 16.6 Å². The number of piperidine rings is 1. The van der Waals surface area contributed by atoms with E-state index in [1.807, 2.05) is 0 Å². The Hall–Kier alpha value is -1.62. The molecule has 0 aliphatic carbocycles. The quantitative estimate of drug-likeness (QED) is 0.410. The Kier molecular flexibility index (Phi) is 7.11. The van der Waals surface area contributed by atoms with Gasteiger partial charge in [0.25, 0.3) is 0 Å². The summed E-state index contributed by atoms with van der Waals surface area (Å²) in [5.74, 6) is -0.927. The van der Waals surface area contributed by atoms with Gasteiger partial charge in [0.15, 0.2) is 22.6 Å². The standard InChI is InChI=1S/C17H20F2N4O2S2/c1-25-15-9-14(23-27(24)12-5-7-20-8-6-12)21-17(22-15)26-10-11-3-2-4-13(18)16(11)19/h2-4,9,12,20H,5-8,10H2,1H3,(H,21,22,23). The Morgan fingerprint density at radius 2 is 2.11 bits per heavy atom. The average Bonchev–Trinajstić information content (AvgIpc) is 2.69. The molecule has 1 saturated heterocycles. The molecule has 0 bridgehead atoms. The van der Waals surface area contributed by atoms with Crippen molar-refractivity contribution in [1.82, 2.24) is 15.3 Å². The molecule has 0 radical (unpaired) electrons. The second-order valence-corrected chi connectivity index (χ2v) is 8.34. The number of benzene rings is 1. The third-order valence-corrected chi connectivity index (χ3v) is 6.46. The third kappa shape index (κ3) is 5.44. The van der Waals surface area contributed by atoms with Crippen molar-refractivity contribution in [2.75, 3.05) is 24.9 Å². The SMILES string of the molecule is COc1cc(N[S+]([O-])C2CCNCC2)nc(SCc2cccc(F)c2F)n1. The molecule has 3 rings (SSSR count). The Bertz CT molecular complexity index is 779. The number of ether oxygens (including phenoxy) is 1. The largest absolute Gasteiger partial charge is 0.593 e. The van der Waals surface area contributed by atoms with E-state index in [2.05, 4.69) is 20.0 Å². The van der Waals surface area contributed by atoms with Crippen LogP contribution in [0.25, 0.3) is 0 Å². The summed E-state index contributed by atoms with van der Waals surface area (Å²) in [6.45, 7) is 1.68. The van der Waals surface area contributed by atoms with Crippen LogP contribution in [0.4, 0.5) is 14.6 Å². The van der Waals surface area contributed by atoms with Crippen LogP contribution in [-0.2, 0) is 17.1 Å². The highest BCUT2D eigenvalue weighted by atomic mass is 32.2. The third-order valence-electron chi connectivity index (χ3n) is 4.07. The maximum atomic E-state index is 13.8. The zero-order chi connectivity index (χ0) is 19.2. The molecule has 0 spiro atoms. The van der Waals surface area contributed by atoms with Crippen molar-refractivity contribution >= 4 is 28.9 Å². The first-order valence-electron chi connectivity index (χ1n) is 8.43. The van der Waals surface area contributed by atoms with E-state index in [1.54, 1.807) is 6.07 Å². The van der Waals surface area contributed by atoms with E-state index >= 15 is 0 Å². The van der Waals surface area contributed by atoms with Gasteiger partial charge in [0.2, 0.25) is 5.88 Å². The van der Waals surface area contributed by atoms with Crippen molar-refractivity contribution in [3.8, 4) is 5.88 Å². The zero-order valence-electron chi connectivity index (χ0n) is 14.7. The molecule has 10 heteroatoms. The number of nitrogens with zero attached hydrogens (tertiary/aromatic N) is 2. The van der Waals surface area contributed by atoms with Gasteiger partial charge in [-0.1, -0.05) is 23.9 Å². The van der Waals surface area contributed by atoms with Gasteiger partial charge in [0, 0.05) is 30.2 Å². The maximum Gasteiger partial charge on any atom is 0.219 e. The Morgan fingerprint density at radius 1 is 1.33 bits per heavy atom. The zero-order valence-corrected chi connectivity index (χ0v) is 16.3. The highest BCUT2D eigenvalue weighted by Crippen LogP contribution is 2.26. The van der Waals surface area contributed by atoms with Crippen LogP contribution in [0, 0.1) is 11.6 Å². The second-order valence-electron chi connectivity index (χ2n) is 5.93. The number of anilines is 1. The van der Waals surface area contributed by atoms with Crippen molar-refractivity contribution in [1.29, 1.82) is 0 Å². The van der Waals surface area contributed by atoms with Gasteiger partial charge in [-0.15, -0.1) is 0 Å². The molecule has 1 unspecified atom stereocenters. The lowest BCUT2D eigenvalue weighted by Crippen LogP contribution is -2.38. The summed E-state index contributed by atoms with van der Waals surface area (Å²) in [6.07, 6.45) is 1.64. The van der Waals surface area contributed by atoms with Gasteiger partial charge < -0.3 is 14.6 Å². The van der Waals surface area contributed by atoms with E-state index in [4.69, 9.17) is 4.74 Å². The monoisotopic (exact) mass is 414 g/mol. The molecule has 2 heterocycles. The van der Waals surface area contributed by atoms with Gasteiger partial charge in [0.05, 0.1) is 18.5 Å². The molecule has 27 heavy (non-hydrogen) atoms. The summed E-state index contributed by atoms with van der Waals surface area (Å²) in [7, 11) is 1.47. The molecule has 1 aromatic heterocycles. The molecule has 146 valence electrons. The molecule has 2 N–H and O–H groups in total. The number of thioether (sulfide) groups is 1. The molecule has 1 atom stereocenters. The maximum absolute atomic E-state index is 13.8. The fourth-order valence-corrected chi connectivity index (χ4v) is 4.59. The summed E-state index contributed by atoms with van der Waals surface area (Å²) in [5, 5.41) is 3.60. The van der Waals surface area contributed by atoms with Crippen molar-refractivity contribution in [2.24, 2.45) is 0 Å². The van der Waals surface area contributed by atoms with Crippen LogP contribution < -0.4 is 14.8 Å². The van der Waals surface area contributed by atoms with Crippen LogP contribution in [0.15, 0.2) is 29.4 Å². The molecule has 0 amide bonds. The second kappa shape index (κ2) is 9.54. The molecular formula is C17H20F2N4O2S2. The van der Waals surface area contributed by atoms with Crippen LogP contribution >= 0.6 is 11.8 Å². The normalized spacial score (nSPS) is 16.1. The van der Waals surface area contributed by atoms with Gasteiger partial charge in [-0.05, 0) is 19.2 Å². The molecule has 2 aromatic rings. The van der Waals surface area contributed by atoms with Crippen LogP contribution in [0.1, 0.15) is 18.4 Å². The highest BCUT2D eigenvalue weighted by Gasteiger charge is 2.26. The van der Waals surface area contributed by atoms with Crippen molar-refractivity contribution < 1.29 is 18.1 Å². The number of aromatic nitrogens is 2. The summed E-state index contributed by atoms with van der Waals surface area (Å²) >= 11 is -0.132. The first kappa shape index (κ1) is 20.1. The van der Waals surface area contributed by atoms with Crippen molar-refractivity contribution in [3.05, 3.63) is 41.5 Å². The molecule has 1 aliphatic heterocycles. The summed E-state index contributed by atoms with van der Waals surface area (Å²) in [4.78, 5) is 8.52. The molecule has 1 aromatic carbocycles. The summed E-state index contributed by atoms with van der Waals surface area (Å²) < 4.78 is 47.7. The Labute approximate surface area is 163 Å². The van der Waals surface area contributed by atoms with E-state index in [9.17, 15) is 13.3 Å². The number of rotatable bonds is 7. The van der Waals surface area contributed by atoms with Crippen LogP contribution in [0.3, 0.4) is 0 Å². The molecular weight excluding hydrogens is 394 g/mol. The number of hydrogen-bond donors (Lipinski definition) is 2. The lowest BCUT2D eigenvalue weighted by Gasteiger charge is -2.25. The van der Waals surface area contributed by atoms with E-state index < -0.39 is 23.0 Å². The van der Waals surface area contributed by atoms with Crippen molar-refractivity contribution in [3.63, 3.8) is 0 Å². The number of methoxy groups -OCH3 is 1. The predicted molar refractivity (Wildman–Crippen MR) is 102 cm³/mol. The number of hydrogen-bond acceptors (Lipinski definition) is 7. The van der Waals surface area contributed by atoms with E-state index in [0.717, 1.165) is 43.8 Å². The minimum Gasteiger partial charge on any atom is -0.593 e. The fourth-order valence-electron chi connectivity index (χ4n) is 2.62. The fraction of sp³-hybridized carbons (Fsp3) is 0.412. The van der Waals surface area contributed by atoms with Crippen LogP contribution in [0.5, 0.6) is 5.88 Å². The molecule has 1 fully saturated rings. The van der Waals surface area contributed by atoms with Gasteiger partial charge in [-0.3, -0.25) is 0 Å². The first-order chi connectivity index (χ1) is 13.1. The van der Waals surface area contributed by atoms with E-state index in [0.29, 0.717) is 16.9 Å². The summed E-state index contributed by atoms with van der Waals surface area (Å²) in [6, 6.07) is 5.60. The lowest BCUT2D eigenvalue weighted by molar-refractivity contribution is 0.393. The molecule has 1 aliphatic rings. The van der Waals surface area contributed by atoms with Gasteiger partial charge in [-0.2, -0.15) is 9.71 Å². The number of nitrogens with one attached hydrogen (secondary N) is 2. The van der Waals surface area contributed by atoms with Gasteiger partial charge in [-0.25, -0.2) is 13.8 Å². The minimum absolute atomic E-state index is 0.0460. The van der Waals surface area contributed by atoms with Crippen LogP contribution in [0.2, 0.25) is 0 Å². The Morgan fingerprint density at radius 3 is 2.85 bits per heavy atom. The summed E-state index contributed by atoms with van der Waals surface area (Å²) in [5.41, 5.74) is 0.221. The van der Waals surface area contributed by atoms with Gasteiger partial charge >= 0.3 is 0 Å². The predicted octanol–water partition coefficient (Wildman–Crippen LogP) is 2.88. The Balaban J connectivity index is 1.70. The molecule has 6 nitrogen and oxygen atoms in total. The first-order valence-corrected chi connectivity index (χ1v) is 10.6. The minimum atomic E-state index is -1.28.